The van der Waals surface area contributed by atoms with E-state index in [1.54, 1.807) is 26.9 Å². The molecule has 7 nitrogen and oxygen atoms in total. The molecule has 0 bridgehead atoms. The van der Waals surface area contributed by atoms with Gasteiger partial charge in [0.25, 0.3) is 5.91 Å². The fraction of sp³-hybridized carbons (Fsp3) is 0.464. The monoisotopic (exact) mass is 544 g/mol. The first-order valence-corrected chi connectivity index (χ1v) is 14.6. The van der Waals surface area contributed by atoms with Gasteiger partial charge in [-0.3, -0.25) is 18.8 Å². The SMILES string of the molecule is COC(=O)N(C1c2ccccc2-c2ccccc21)[C@@H](C)C(=O)N(CCCCCC(=O)O)SSC(C)(C)C. The number of aliphatic carboxylic acids is 1. The summed E-state index contributed by atoms with van der Waals surface area (Å²) in [5, 5.41) is 8.92. The Morgan fingerprint density at radius 2 is 1.54 bits per heavy atom. The quantitative estimate of drug-likeness (QED) is 0.189. The highest BCUT2D eigenvalue weighted by Crippen LogP contribution is 2.47. The van der Waals surface area contributed by atoms with Crippen molar-refractivity contribution in [2.45, 2.75) is 70.2 Å². The van der Waals surface area contributed by atoms with Crippen LogP contribution < -0.4 is 0 Å². The number of carbonyl (C=O) groups excluding carboxylic acids is 2. The molecule has 2 aromatic carbocycles. The van der Waals surface area contributed by atoms with Gasteiger partial charge >= 0.3 is 12.1 Å². The molecule has 1 aliphatic carbocycles. The van der Waals surface area contributed by atoms with Gasteiger partial charge in [-0.15, -0.1) is 0 Å². The van der Waals surface area contributed by atoms with Gasteiger partial charge in [-0.25, -0.2) is 4.79 Å². The summed E-state index contributed by atoms with van der Waals surface area (Å²) in [5.41, 5.74) is 4.02. The predicted molar refractivity (Wildman–Crippen MR) is 150 cm³/mol. The molecule has 0 radical (unpaired) electrons. The van der Waals surface area contributed by atoms with Crippen molar-refractivity contribution in [2.24, 2.45) is 0 Å². The maximum atomic E-state index is 13.9. The van der Waals surface area contributed by atoms with E-state index in [0.717, 1.165) is 22.3 Å². The van der Waals surface area contributed by atoms with Crippen LogP contribution in [0.15, 0.2) is 48.5 Å². The lowest BCUT2D eigenvalue weighted by Gasteiger charge is -2.36. The standard InChI is InChI=1S/C28H36N2O5S2/c1-19(26(33)29(37-36-28(2,3)4)18-12-6-7-17-24(31)32)30(27(34)35-5)25-22-15-10-8-13-20(22)21-14-9-11-16-23(21)25/h8-11,13-16,19,25H,6-7,12,17-18H2,1-5H3,(H,31,32)/t19-/m0/s1. The third-order valence-corrected chi connectivity index (χ3v) is 9.49. The lowest BCUT2D eigenvalue weighted by Crippen LogP contribution is -2.49. The third kappa shape index (κ3) is 7.23. The summed E-state index contributed by atoms with van der Waals surface area (Å²) in [7, 11) is 4.31. The highest BCUT2D eigenvalue weighted by Gasteiger charge is 2.41. The van der Waals surface area contributed by atoms with Crippen molar-refractivity contribution in [3.8, 4) is 11.1 Å². The fourth-order valence-corrected chi connectivity index (χ4v) is 6.53. The molecule has 3 rings (SSSR count). The molecule has 37 heavy (non-hydrogen) atoms. The molecule has 0 aliphatic heterocycles. The Morgan fingerprint density at radius 1 is 0.973 bits per heavy atom. The number of amides is 2. The molecule has 9 heteroatoms. The average molecular weight is 545 g/mol. The van der Waals surface area contributed by atoms with Crippen molar-refractivity contribution >= 4 is 39.7 Å². The minimum Gasteiger partial charge on any atom is -0.481 e. The van der Waals surface area contributed by atoms with Crippen LogP contribution in [0.1, 0.15) is 70.5 Å². The number of methoxy groups -OCH3 is 1. The second kappa shape index (κ2) is 12.7. The number of ether oxygens (including phenoxy) is 1. The summed E-state index contributed by atoms with van der Waals surface area (Å²) < 4.78 is 6.83. The molecule has 0 unspecified atom stereocenters. The molecule has 0 saturated carbocycles. The van der Waals surface area contributed by atoms with E-state index >= 15 is 0 Å². The van der Waals surface area contributed by atoms with Crippen molar-refractivity contribution in [1.82, 2.24) is 9.21 Å². The minimum absolute atomic E-state index is 0.0822. The summed E-state index contributed by atoms with van der Waals surface area (Å²) in [6.07, 6.45) is 1.50. The molecule has 0 fully saturated rings. The van der Waals surface area contributed by atoms with Gasteiger partial charge in [0.1, 0.15) is 6.04 Å². The Labute approximate surface area is 227 Å². The zero-order valence-corrected chi connectivity index (χ0v) is 23.7. The molecule has 0 saturated heterocycles. The average Bonchev–Trinajstić information content (AvgIpc) is 3.19. The Morgan fingerprint density at radius 3 is 2.05 bits per heavy atom. The third-order valence-electron chi connectivity index (χ3n) is 6.11. The molecule has 200 valence electrons. The zero-order valence-electron chi connectivity index (χ0n) is 22.1. The van der Waals surface area contributed by atoms with Crippen molar-refractivity contribution in [2.75, 3.05) is 13.7 Å². The first-order chi connectivity index (χ1) is 17.5. The Balaban J connectivity index is 1.89. The number of carboxylic acid groups (broad SMARTS) is 1. The van der Waals surface area contributed by atoms with Crippen LogP contribution in [0.2, 0.25) is 0 Å². The van der Waals surface area contributed by atoms with Crippen molar-refractivity contribution in [1.29, 1.82) is 0 Å². The second-order valence-corrected chi connectivity index (χ2v) is 13.0. The largest absolute Gasteiger partial charge is 0.481 e. The molecule has 1 atom stereocenters. The molecule has 0 heterocycles. The number of unbranched alkanes of at least 4 members (excludes halogenated alkanes) is 2. The van der Waals surface area contributed by atoms with E-state index in [1.165, 1.54) is 18.1 Å². The molecular formula is C28H36N2O5S2. The Bertz CT molecular complexity index is 1070. The Hall–Kier alpha value is -2.65. The predicted octanol–water partition coefficient (Wildman–Crippen LogP) is 6.78. The smallest absolute Gasteiger partial charge is 0.410 e. The van der Waals surface area contributed by atoms with Gasteiger partial charge in [0.2, 0.25) is 0 Å². The first-order valence-electron chi connectivity index (χ1n) is 12.5. The van der Waals surface area contributed by atoms with Crippen molar-refractivity contribution in [3.63, 3.8) is 0 Å². The van der Waals surface area contributed by atoms with Crippen LogP contribution in [-0.4, -0.2) is 56.7 Å². The van der Waals surface area contributed by atoms with E-state index in [2.05, 4.69) is 20.8 Å². The van der Waals surface area contributed by atoms with E-state index in [0.29, 0.717) is 25.8 Å². The van der Waals surface area contributed by atoms with Crippen molar-refractivity contribution < 1.29 is 24.2 Å². The molecule has 2 amide bonds. The lowest BCUT2D eigenvalue weighted by molar-refractivity contribution is -0.137. The van der Waals surface area contributed by atoms with Gasteiger partial charge in [-0.2, -0.15) is 0 Å². The zero-order chi connectivity index (χ0) is 27.2. The lowest BCUT2D eigenvalue weighted by atomic mass is 10.0. The summed E-state index contributed by atoms with van der Waals surface area (Å²) in [6.45, 7) is 8.45. The molecule has 0 aromatic heterocycles. The highest BCUT2D eigenvalue weighted by molar-refractivity contribution is 8.76. The fourth-order valence-electron chi connectivity index (χ4n) is 4.40. The number of hydrogen-bond acceptors (Lipinski definition) is 6. The number of hydrogen-bond donors (Lipinski definition) is 1. The minimum atomic E-state index is -0.815. The van der Waals surface area contributed by atoms with Crippen LogP contribution in [-0.2, 0) is 14.3 Å². The maximum absolute atomic E-state index is 13.9. The van der Waals surface area contributed by atoms with E-state index in [-0.39, 0.29) is 17.1 Å². The van der Waals surface area contributed by atoms with Crippen LogP contribution in [0.25, 0.3) is 11.1 Å². The Kier molecular flexibility index (Phi) is 9.95. The summed E-state index contributed by atoms with van der Waals surface area (Å²) in [6, 6.07) is 14.7. The van der Waals surface area contributed by atoms with Crippen LogP contribution in [0.3, 0.4) is 0 Å². The number of carbonyl (C=O) groups is 3. The number of benzene rings is 2. The maximum Gasteiger partial charge on any atom is 0.410 e. The molecule has 0 spiro atoms. The van der Waals surface area contributed by atoms with Gasteiger partial charge in [0, 0.05) is 28.7 Å². The molecule has 1 N–H and O–H groups in total. The molecule has 2 aromatic rings. The topological polar surface area (TPSA) is 87.2 Å². The van der Waals surface area contributed by atoms with Crippen LogP contribution in [0, 0.1) is 0 Å². The van der Waals surface area contributed by atoms with Crippen molar-refractivity contribution in [3.05, 3.63) is 59.7 Å². The van der Waals surface area contributed by atoms with Crippen LogP contribution >= 0.6 is 21.8 Å². The van der Waals surface area contributed by atoms with E-state index in [1.807, 2.05) is 48.5 Å². The summed E-state index contributed by atoms with van der Waals surface area (Å²) >= 11 is 0. The van der Waals surface area contributed by atoms with E-state index in [9.17, 15) is 14.4 Å². The highest BCUT2D eigenvalue weighted by atomic mass is 33.1. The van der Waals surface area contributed by atoms with Gasteiger partial charge in [-0.05, 0) is 42.0 Å². The number of nitrogens with zero attached hydrogens (tertiary/aromatic N) is 2. The second-order valence-electron chi connectivity index (χ2n) is 10.0. The first kappa shape index (κ1) is 28.9. The molecule has 1 aliphatic rings. The van der Waals surface area contributed by atoms with Crippen LogP contribution in [0.5, 0.6) is 0 Å². The number of rotatable bonds is 11. The summed E-state index contributed by atoms with van der Waals surface area (Å²) in [5.74, 6) is -1.00. The summed E-state index contributed by atoms with van der Waals surface area (Å²) in [4.78, 5) is 39.6. The van der Waals surface area contributed by atoms with Gasteiger partial charge in [-0.1, -0.05) is 86.5 Å². The van der Waals surface area contributed by atoms with Gasteiger partial charge in [0.05, 0.1) is 13.2 Å². The van der Waals surface area contributed by atoms with E-state index in [4.69, 9.17) is 9.84 Å². The number of fused-ring (bicyclic) bond motifs is 3. The van der Waals surface area contributed by atoms with Gasteiger partial charge < -0.3 is 9.84 Å². The molecular weight excluding hydrogens is 508 g/mol. The van der Waals surface area contributed by atoms with Gasteiger partial charge in [0.15, 0.2) is 0 Å². The van der Waals surface area contributed by atoms with Crippen LogP contribution in [0.4, 0.5) is 4.79 Å². The van der Waals surface area contributed by atoms with E-state index < -0.39 is 24.1 Å². The number of carboxylic acids is 1. The normalized spacial score (nSPS) is 13.4.